The van der Waals surface area contributed by atoms with Crippen molar-refractivity contribution in [3.05, 3.63) is 29.6 Å². The molecule has 0 aliphatic heterocycles. The van der Waals surface area contributed by atoms with E-state index >= 15 is 0 Å². The van der Waals surface area contributed by atoms with Gasteiger partial charge in [-0.05, 0) is 6.08 Å². The van der Waals surface area contributed by atoms with Gasteiger partial charge in [0.05, 0.1) is 6.20 Å². The second-order valence-corrected chi connectivity index (χ2v) is 2.72. The molecule has 0 aromatic carbocycles. The molecule has 0 bridgehead atoms. The molecule has 0 aliphatic carbocycles. The van der Waals surface area contributed by atoms with Crippen LogP contribution in [-0.4, -0.2) is 33.4 Å². The predicted molar refractivity (Wildman–Crippen MR) is 52.9 cm³/mol. The number of nitrogens with zero attached hydrogens (tertiary/aromatic N) is 4. The topological polar surface area (TPSA) is 80.5 Å². The molecule has 78 valence electrons. The normalized spacial score (nSPS) is 9.93. The van der Waals surface area contributed by atoms with Crippen molar-refractivity contribution in [3.63, 3.8) is 0 Å². The molecule has 6 heteroatoms. The van der Waals surface area contributed by atoms with Crippen LogP contribution in [0.5, 0.6) is 0 Å². The fourth-order valence-corrected chi connectivity index (χ4v) is 0.925. The van der Waals surface area contributed by atoms with Gasteiger partial charge in [0.2, 0.25) is 0 Å². The molecule has 6 nitrogen and oxygen atoms in total. The first kappa shape index (κ1) is 10.9. The molecule has 15 heavy (non-hydrogen) atoms. The Morgan fingerprint density at radius 3 is 3.20 bits per heavy atom. The van der Waals surface area contributed by atoms with Crippen molar-refractivity contribution in [2.24, 2.45) is 7.05 Å². The Kier molecular flexibility index (Phi) is 4.00. The van der Waals surface area contributed by atoms with Crippen LogP contribution in [-0.2, 0) is 16.6 Å². The molecule has 0 aliphatic rings. The number of rotatable bonds is 4. The number of hydrogen-bond acceptors (Lipinski definition) is 3. The lowest BCUT2D eigenvalue weighted by Crippen LogP contribution is -2.05. The monoisotopic (exact) mass is 206 g/mol. The summed E-state index contributed by atoms with van der Waals surface area (Å²) in [6.07, 6.45) is 7.65. The summed E-state index contributed by atoms with van der Waals surface area (Å²) in [4.78, 5) is 13.2. The first-order valence-electron chi connectivity index (χ1n) is 4.22. The third-order valence-electron chi connectivity index (χ3n) is 1.52. The van der Waals surface area contributed by atoms with Gasteiger partial charge in [-0.15, -0.1) is 0 Å². The summed E-state index contributed by atoms with van der Waals surface area (Å²) in [5.74, 6) is -0.687. The number of aryl methyl sites for hydroxylation is 1. The first-order valence-corrected chi connectivity index (χ1v) is 4.22. The number of esters is 1. The van der Waals surface area contributed by atoms with E-state index < -0.39 is 5.97 Å². The Bertz CT molecular complexity index is 416. The van der Waals surface area contributed by atoms with E-state index in [9.17, 15) is 4.79 Å². The van der Waals surface area contributed by atoms with Gasteiger partial charge in [-0.1, -0.05) is 6.08 Å². The van der Waals surface area contributed by atoms with Gasteiger partial charge >= 0.3 is 12.2 Å². The standard InChI is InChI=1S/C9H10N4O2/c1-13-7-8(5-12-13)3-2-4-15-9(14)6-11-10/h2-3,5-7H,4H2,1H3/b3-2+. The molecule has 1 aromatic heterocycles. The van der Waals surface area contributed by atoms with Gasteiger partial charge in [-0.3, -0.25) is 4.68 Å². The van der Waals surface area contributed by atoms with Gasteiger partial charge < -0.3 is 10.3 Å². The van der Waals surface area contributed by atoms with E-state index in [0.29, 0.717) is 6.21 Å². The highest BCUT2D eigenvalue weighted by molar-refractivity contribution is 6.20. The largest absolute Gasteiger partial charge is 0.453 e. The number of hydrogen-bond donors (Lipinski definition) is 0. The van der Waals surface area contributed by atoms with E-state index in [1.54, 1.807) is 23.0 Å². The van der Waals surface area contributed by atoms with E-state index in [0.717, 1.165) is 5.56 Å². The van der Waals surface area contributed by atoms with Crippen molar-refractivity contribution in [1.29, 1.82) is 0 Å². The quantitative estimate of drug-likeness (QED) is 0.307. The van der Waals surface area contributed by atoms with E-state index in [4.69, 9.17) is 5.53 Å². The van der Waals surface area contributed by atoms with Gasteiger partial charge in [-0.2, -0.15) is 9.89 Å². The van der Waals surface area contributed by atoms with Crippen molar-refractivity contribution in [1.82, 2.24) is 9.78 Å². The van der Waals surface area contributed by atoms with Crippen molar-refractivity contribution < 1.29 is 14.3 Å². The molecule has 1 heterocycles. The molecule has 0 spiro atoms. The highest BCUT2D eigenvalue weighted by Gasteiger charge is 1.99. The third kappa shape index (κ3) is 4.02. The first-order chi connectivity index (χ1) is 7.22. The average Bonchev–Trinajstić information content (AvgIpc) is 2.60. The van der Waals surface area contributed by atoms with Crippen LogP contribution in [0.25, 0.3) is 11.6 Å². The maximum Gasteiger partial charge on any atom is 0.413 e. The van der Waals surface area contributed by atoms with Gasteiger partial charge in [0.25, 0.3) is 0 Å². The number of carbonyl (C=O) groups is 1. The zero-order valence-corrected chi connectivity index (χ0v) is 8.20. The van der Waals surface area contributed by atoms with Gasteiger partial charge in [-0.25, -0.2) is 4.79 Å². The highest BCUT2D eigenvalue weighted by Crippen LogP contribution is 1.98. The molecule has 0 N–H and O–H groups in total. The molecule has 0 amide bonds. The maximum atomic E-state index is 10.7. The number of carbonyl (C=O) groups excluding carboxylic acids is 1. The molecule has 0 unspecified atom stereocenters. The van der Waals surface area contributed by atoms with E-state index in [1.807, 2.05) is 13.2 Å². The van der Waals surface area contributed by atoms with Gasteiger partial charge in [0, 0.05) is 18.8 Å². The SMILES string of the molecule is Cn1cc(/C=C/COC(=O)C=[N+]=[N-])cn1. The van der Waals surface area contributed by atoms with Crippen molar-refractivity contribution in [3.8, 4) is 0 Å². The zero-order chi connectivity index (χ0) is 11.1. The Balaban J connectivity index is 2.34. The summed E-state index contributed by atoms with van der Waals surface area (Å²) in [6, 6.07) is 0. The fourth-order valence-electron chi connectivity index (χ4n) is 0.925. The Morgan fingerprint density at radius 2 is 2.60 bits per heavy atom. The molecule has 1 rings (SSSR count). The van der Waals surface area contributed by atoms with Crippen LogP contribution in [0.2, 0.25) is 0 Å². The highest BCUT2D eigenvalue weighted by atomic mass is 16.5. The summed E-state index contributed by atoms with van der Waals surface area (Å²) in [6.45, 7) is 0.125. The van der Waals surface area contributed by atoms with Crippen molar-refractivity contribution in [2.75, 3.05) is 6.61 Å². The Morgan fingerprint density at radius 1 is 1.80 bits per heavy atom. The molecule has 0 radical (unpaired) electrons. The third-order valence-corrected chi connectivity index (χ3v) is 1.52. The Hall–Kier alpha value is -2.20. The minimum Gasteiger partial charge on any atom is -0.453 e. The molecule has 1 aromatic rings. The number of ether oxygens (including phenoxy) is 1. The van der Waals surface area contributed by atoms with E-state index in [1.165, 1.54) is 0 Å². The zero-order valence-electron chi connectivity index (χ0n) is 8.20. The summed E-state index contributed by atoms with van der Waals surface area (Å²) in [5, 5.41) is 3.96. The van der Waals surface area contributed by atoms with Crippen molar-refractivity contribution >= 4 is 18.3 Å². The predicted octanol–water partition coefficient (Wildman–Crippen LogP) is 0.277. The molecule has 0 saturated carbocycles. The maximum absolute atomic E-state index is 10.7. The van der Waals surface area contributed by atoms with Crippen LogP contribution in [0.15, 0.2) is 18.5 Å². The lowest BCUT2D eigenvalue weighted by atomic mass is 10.3. The van der Waals surface area contributed by atoms with Gasteiger partial charge in [0.15, 0.2) is 0 Å². The average molecular weight is 206 g/mol. The van der Waals surface area contributed by atoms with Crippen LogP contribution in [0, 0.1) is 0 Å². The van der Waals surface area contributed by atoms with Crippen molar-refractivity contribution in [2.45, 2.75) is 0 Å². The van der Waals surface area contributed by atoms with E-state index in [-0.39, 0.29) is 6.61 Å². The van der Waals surface area contributed by atoms with Crippen LogP contribution >= 0.6 is 0 Å². The molecule has 0 atom stereocenters. The fraction of sp³-hybridized carbons (Fsp3) is 0.222. The van der Waals surface area contributed by atoms with Crippen LogP contribution in [0.4, 0.5) is 0 Å². The van der Waals surface area contributed by atoms with Crippen LogP contribution in [0.3, 0.4) is 0 Å². The minimum absolute atomic E-state index is 0.125. The summed E-state index contributed by atoms with van der Waals surface area (Å²) < 4.78 is 6.32. The lowest BCUT2D eigenvalue weighted by molar-refractivity contribution is -0.137. The minimum atomic E-state index is -0.687. The van der Waals surface area contributed by atoms with Gasteiger partial charge in [0.1, 0.15) is 6.61 Å². The Labute approximate surface area is 86.4 Å². The lowest BCUT2D eigenvalue weighted by Gasteiger charge is -1.91. The number of aromatic nitrogens is 2. The molecule has 0 saturated heterocycles. The second-order valence-electron chi connectivity index (χ2n) is 2.72. The summed E-state index contributed by atoms with van der Waals surface area (Å²) in [7, 11) is 1.81. The smallest absolute Gasteiger partial charge is 0.413 e. The van der Waals surface area contributed by atoms with E-state index in [2.05, 4.69) is 14.6 Å². The molecular weight excluding hydrogens is 196 g/mol. The summed E-state index contributed by atoms with van der Waals surface area (Å²) in [5.41, 5.74) is 8.93. The molecule has 0 fully saturated rings. The second kappa shape index (κ2) is 5.51. The summed E-state index contributed by atoms with van der Waals surface area (Å²) >= 11 is 0. The molecular formula is C9H10N4O2. The van der Waals surface area contributed by atoms with Crippen LogP contribution in [0.1, 0.15) is 5.56 Å². The van der Waals surface area contributed by atoms with Crippen LogP contribution < -0.4 is 0 Å².